The van der Waals surface area contributed by atoms with Crippen molar-refractivity contribution in [3.63, 3.8) is 0 Å². The Balaban J connectivity index is 2.16. The molecule has 3 aromatic rings. The molecule has 0 unspecified atom stereocenters. The number of nitrogens with two attached hydrogens (primary N) is 1. The molecule has 0 fully saturated rings. The van der Waals surface area contributed by atoms with E-state index in [1.807, 2.05) is 0 Å². The van der Waals surface area contributed by atoms with Crippen molar-refractivity contribution < 1.29 is 23.8 Å². The topological polar surface area (TPSA) is 119 Å². The van der Waals surface area contributed by atoms with Crippen molar-refractivity contribution in [1.29, 1.82) is 5.41 Å². The summed E-state index contributed by atoms with van der Waals surface area (Å²) in [6, 6.07) is 12.9. The van der Waals surface area contributed by atoms with Crippen LogP contribution in [0.4, 0.5) is 8.78 Å². The summed E-state index contributed by atoms with van der Waals surface area (Å²) in [6.07, 6.45) is 1.56. The highest BCUT2D eigenvalue weighted by atomic mass is 19.1. The van der Waals surface area contributed by atoms with Crippen LogP contribution in [-0.4, -0.2) is 22.1 Å². The van der Waals surface area contributed by atoms with Crippen molar-refractivity contribution in [3.8, 4) is 33.8 Å². The quantitative estimate of drug-likeness (QED) is 0.246. The van der Waals surface area contributed by atoms with Crippen molar-refractivity contribution in [2.24, 2.45) is 5.73 Å². The van der Waals surface area contributed by atoms with Crippen LogP contribution in [0.15, 0.2) is 60.2 Å². The third kappa shape index (κ3) is 4.87. The molecule has 0 saturated carbocycles. The minimum atomic E-state index is -0.780. The van der Waals surface area contributed by atoms with Crippen LogP contribution in [-0.2, 0) is 4.79 Å². The Hall–Kier alpha value is -4.20. The van der Waals surface area contributed by atoms with Gasteiger partial charge in [-0.25, -0.2) is 8.78 Å². The van der Waals surface area contributed by atoms with Crippen LogP contribution in [0, 0.1) is 17.0 Å². The first kappa shape index (κ1) is 21.5. The molecule has 0 saturated heterocycles. The number of aromatic hydroxyl groups is 2. The molecule has 0 atom stereocenters. The summed E-state index contributed by atoms with van der Waals surface area (Å²) < 4.78 is 27.0. The molecule has 0 spiro atoms. The second-order valence-corrected chi connectivity index (χ2v) is 6.83. The Morgan fingerprint density at radius 3 is 2.03 bits per heavy atom. The van der Waals surface area contributed by atoms with Crippen LogP contribution in [0.2, 0.25) is 0 Å². The highest BCUT2D eigenvalue weighted by Gasteiger charge is 2.13. The van der Waals surface area contributed by atoms with E-state index in [9.17, 15) is 23.8 Å². The number of guanidine groups is 1. The summed E-state index contributed by atoms with van der Waals surface area (Å²) in [5.41, 5.74) is 8.20. The van der Waals surface area contributed by atoms with Crippen LogP contribution in [0.25, 0.3) is 28.3 Å². The van der Waals surface area contributed by atoms with Gasteiger partial charge in [-0.2, -0.15) is 0 Å². The number of rotatable bonds is 4. The van der Waals surface area contributed by atoms with Gasteiger partial charge in [-0.05, 0) is 71.1 Å². The zero-order valence-corrected chi connectivity index (χ0v) is 16.4. The molecule has 8 heteroatoms. The van der Waals surface area contributed by atoms with Gasteiger partial charge in [0.2, 0.25) is 0 Å². The smallest absolute Gasteiger partial charge is 0.253 e. The Kier molecular flexibility index (Phi) is 6.01. The zero-order chi connectivity index (χ0) is 22.7. The molecular weight excluding hydrogens is 404 g/mol. The van der Waals surface area contributed by atoms with Gasteiger partial charge in [-0.1, -0.05) is 24.3 Å². The van der Waals surface area contributed by atoms with E-state index >= 15 is 0 Å². The molecule has 1 amide bonds. The van der Waals surface area contributed by atoms with Crippen LogP contribution in [0.3, 0.4) is 0 Å². The Labute approximate surface area is 176 Å². The van der Waals surface area contributed by atoms with Gasteiger partial charge >= 0.3 is 0 Å². The van der Waals surface area contributed by atoms with Gasteiger partial charge < -0.3 is 15.9 Å². The van der Waals surface area contributed by atoms with E-state index in [2.05, 4.69) is 5.32 Å². The number of phenolic OH excluding ortho intramolecular Hbond substituents is 2. The fraction of sp³-hybridized carbons (Fsp3) is 0.0435. The lowest BCUT2D eigenvalue weighted by Crippen LogP contribution is -2.36. The number of benzene rings is 3. The summed E-state index contributed by atoms with van der Waals surface area (Å²) in [6.45, 7) is 1.54. The fourth-order valence-electron chi connectivity index (χ4n) is 3.00. The minimum absolute atomic E-state index is 0.259. The molecular formula is C23H19F2N3O3. The highest BCUT2D eigenvalue weighted by Crippen LogP contribution is 2.34. The van der Waals surface area contributed by atoms with Gasteiger partial charge in [0.1, 0.15) is 0 Å². The lowest BCUT2D eigenvalue weighted by molar-refractivity contribution is -0.116. The number of hydrogen-bond donors (Lipinski definition) is 5. The van der Waals surface area contributed by atoms with Crippen LogP contribution in [0.1, 0.15) is 12.5 Å². The van der Waals surface area contributed by atoms with E-state index in [4.69, 9.17) is 11.1 Å². The highest BCUT2D eigenvalue weighted by molar-refractivity contribution is 6.06. The number of halogens is 2. The number of carbonyl (C=O) groups excluding carboxylic acids is 1. The molecule has 0 heterocycles. The van der Waals surface area contributed by atoms with Gasteiger partial charge in [0, 0.05) is 5.57 Å². The third-order valence-corrected chi connectivity index (χ3v) is 4.57. The maximum atomic E-state index is 13.6. The molecule has 3 rings (SSSR count). The van der Waals surface area contributed by atoms with E-state index in [0.717, 1.165) is 12.1 Å². The van der Waals surface area contributed by atoms with Crippen molar-refractivity contribution in [2.75, 3.05) is 0 Å². The Morgan fingerprint density at radius 2 is 1.45 bits per heavy atom. The number of hydrogen-bond acceptors (Lipinski definition) is 4. The van der Waals surface area contributed by atoms with Crippen molar-refractivity contribution in [1.82, 2.24) is 5.32 Å². The maximum absolute atomic E-state index is 13.6. The van der Waals surface area contributed by atoms with Gasteiger partial charge in [-0.3, -0.25) is 15.5 Å². The Bertz CT molecular complexity index is 1220. The van der Waals surface area contributed by atoms with E-state index in [1.165, 1.54) is 31.2 Å². The standard InChI is InChI=1S/C23H19F2N3O3/c1-12(22(31)28-23(26)27)8-15-3-2-13(14-4-6-18(24)20(29)10-14)9-17(15)16-5-7-19(25)21(30)11-16/h2-11,29-30H,1H3,(H4,26,27,28,31)/b12-8+. The van der Waals surface area contributed by atoms with Gasteiger partial charge in [0.15, 0.2) is 29.1 Å². The largest absolute Gasteiger partial charge is 0.505 e. The molecule has 0 aromatic heterocycles. The summed E-state index contributed by atoms with van der Waals surface area (Å²) in [5.74, 6) is -3.63. The third-order valence-electron chi connectivity index (χ3n) is 4.57. The predicted molar refractivity (Wildman–Crippen MR) is 114 cm³/mol. The van der Waals surface area contributed by atoms with E-state index in [0.29, 0.717) is 27.8 Å². The first-order valence-electron chi connectivity index (χ1n) is 9.11. The van der Waals surface area contributed by atoms with Gasteiger partial charge in [0.05, 0.1) is 0 Å². The maximum Gasteiger partial charge on any atom is 0.253 e. The van der Waals surface area contributed by atoms with Gasteiger partial charge in [-0.15, -0.1) is 0 Å². The molecule has 0 aliphatic rings. The van der Waals surface area contributed by atoms with Crippen molar-refractivity contribution in [2.45, 2.75) is 6.92 Å². The summed E-state index contributed by atoms with van der Waals surface area (Å²) in [7, 11) is 0. The number of carbonyl (C=O) groups is 1. The predicted octanol–water partition coefficient (Wildman–Crippen LogP) is 4.12. The van der Waals surface area contributed by atoms with E-state index in [1.54, 1.807) is 24.3 Å². The van der Waals surface area contributed by atoms with Crippen molar-refractivity contribution >= 4 is 17.9 Å². The average Bonchev–Trinajstić information content (AvgIpc) is 2.72. The Morgan fingerprint density at radius 1 is 0.935 bits per heavy atom. The molecule has 0 radical (unpaired) electrons. The molecule has 31 heavy (non-hydrogen) atoms. The molecule has 0 aliphatic heterocycles. The second kappa shape index (κ2) is 8.66. The van der Waals surface area contributed by atoms with Gasteiger partial charge in [0.25, 0.3) is 5.91 Å². The molecule has 0 bridgehead atoms. The molecule has 158 valence electrons. The zero-order valence-electron chi connectivity index (χ0n) is 16.4. The monoisotopic (exact) mass is 423 g/mol. The number of nitrogens with one attached hydrogen (secondary N) is 2. The lowest BCUT2D eigenvalue weighted by Gasteiger charge is -2.12. The van der Waals surface area contributed by atoms with Crippen LogP contribution in [0.5, 0.6) is 11.5 Å². The molecule has 3 aromatic carbocycles. The van der Waals surface area contributed by atoms with E-state index < -0.39 is 35.0 Å². The average molecular weight is 423 g/mol. The summed E-state index contributed by atoms with van der Waals surface area (Å²) >= 11 is 0. The summed E-state index contributed by atoms with van der Waals surface area (Å²) in [4.78, 5) is 12.1. The first-order chi connectivity index (χ1) is 14.7. The minimum Gasteiger partial charge on any atom is -0.505 e. The molecule has 6 N–H and O–H groups in total. The molecule has 0 aliphatic carbocycles. The lowest BCUT2D eigenvalue weighted by atomic mass is 9.93. The van der Waals surface area contributed by atoms with Crippen molar-refractivity contribution in [3.05, 3.63) is 77.4 Å². The fourth-order valence-corrected chi connectivity index (χ4v) is 3.00. The van der Waals surface area contributed by atoms with Crippen LogP contribution >= 0.6 is 0 Å². The number of phenols is 2. The number of amides is 1. The summed E-state index contributed by atoms with van der Waals surface area (Å²) in [5, 5.41) is 28.9. The SMILES string of the molecule is C/C(=C\c1ccc(-c2ccc(F)c(O)c2)cc1-c1ccc(F)c(O)c1)C(=O)NC(=N)N. The molecule has 6 nitrogen and oxygen atoms in total. The van der Waals surface area contributed by atoms with E-state index in [-0.39, 0.29) is 5.57 Å². The normalized spacial score (nSPS) is 11.3. The second-order valence-electron chi connectivity index (χ2n) is 6.83. The first-order valence-corrected chi connectivity index (χ1v) is 9.11. The van der Waals surface area contributed by atoms with Crippen LogP contribution < -0.4 is 11.1 Å².